The molecule has 0 bridgehead atoms. The molecule has 1 rings (SSSR count). The fraction of sp³-hybridized carbons (Fsp3) is 0.333. The summed E-state index contributed by atoms with van der Waals surface area (Å²) in [5, 5.41) is 8.53. The molecule has 1 heterocycles. The van der Waals surface area contributed by atoms with Gasteiger partial charge in [0, 0.05) is 12.5 Å². The Labute approximate surface area is 100 Å². The van der Waals surface area contributed by atoms with E-state index in [-0.39, 0.29) is 0 Å². The molecular formula is C9H8F3NO4S. The van der Waals surface area contributed by atoms with E-state index in [2.05, 4.69) is 4.98 Å². The van der Waals surface area contributed by atoms with Crippen molar-refractivity contribution in [2.45, 2.75) is 17.5 Å². The van der Waals surface area contributed by atoms with E-state index in [4.69, 9.17) is 5.11 Å². The first kappa shape index (κ1) is 14.4. The van der Waals surface area contributed by atoms with Gasteiger partial charge in [0.2, 0.25) is 0 Å². The van der Waals surface area contributed by atoms with Gasteiger partial charge in [0.1, 0.15) is 0 Å². The van der Waals surface area contributed by atoms with E-state index < -0.39 is 44.6 Å². The summed E-state index contributed by atoms with van der Waals surface area (Å²) in [4.78, 5) is 13.0. The van der Waals surface area contributed by atoms with Gasteiger partial charge in [-0.1, -0.05) is 0 Å². The first-order valence-corrected chi connectivity index (χ1v) is 6.39. The predicted molar refractivity (Wildman–Crippen MR) is 53.7 cm³/mol. The molecule has 1 aromatic heterocycles. The van der Waals surface area contributed by atoms with E-state index in [1.54, 1.807) is 0 Å². The van der Waals surface area contributed by atoms with Crippen LogP contribution in [-0.4, -0.2) is 30.7 Å². The molecule has 0 atom stereocenters. The summed E-state index contributed by atoms with van der Waals surface area (Å²) in [6, 6.07) is 0.389. The third-order valence-electron chi connectivity index (χ3n) is 1.98. The van der Waals surface area contributed by atoms with Gasteiger partial charge in [0.05, 0.1) is 22.6 Å². The second kappa shape index (κ2) is 4.56. The highest BCUT2D eigenvalue weighted by Gasteiger charge is 2.33. The molecule has 0 fully saturated rings. The lowest BCUT2D eigenvalue weighted by molar-refractivity contribution is -0.138. The fourth-order valence-electron chi connectivity index (χ4n) is 1.22. The number of hydrogen-bond donors (Lipinski definition) is 1. The van der Waals surface area contributed by atoms with Crippen LogP contribution in [-0.2, 0) is 27.2 Å². The van der Waals surface area contributed by atoms with Crippen LogP contribution < -0.4 is 0 Å². The van der Waals surface area contributed by atoms with E-state index in [0.717, 1.165) is 0 Å². The number of pyridine rings is 1. The topological polar surface area (TPSA) is 84.3 Å². The number of nitrogens with zero attached hydrogens (tertiary/aromatic N) is 1. The molecule has 100 valence electrons. The molecule has 0 aromatic carbocycles. The van der Waals surface area contributed by atoms with Crippen LogP contribution >= 0.6 is 0 Å². The van der Waals surface area contributed by atoms with Gasteiger partial charge in [-0.25, -0.2) is 8.42 Å². The molecule has 0 aliphatic heterocycles. The van der Waals surface area contributed by atoms with E-state index in [1.165, 1.54) is 0 Å². The molecule has 9 heteroatoms. The van der Waals surface area contributed by atoms with Gasteiger partial charge in [-0.2, -0.15) is 13.2 Å². The minimum Gasteiger partial charge on any atom is -0.481 e. The normalized spacial score (nSPS) is 12.4. The summed E-state index contributed by atoms with van der Waals surface area (Å²) >= 11 is 0. The van der Waals surface area contributed by atoms with Crippen molar-refractivity contribution in [1.29, 1.82) is 0 Å². The van der Waals surface area contributed by atoms with Crippen molar-refractivity contribution in [2.24, 2.45) is 0 Å². The number of halogens is 3. The van der Waals surface area contributed by atoms with Gasteiger partial charge < -0.3 is 5.11 Å². The maximum Gasteiger partial charge on any atom is 0.417 e. The molecule has 1 aromatic rings. The Kier molecular flexibility index (Phi) is 3.65. The Morgan fingerprint density at radius 1 is 1.44 bits per heavy atom. The molecule has 1 N–H and O–H groups in total. The highest BCUT2D eigenvalue weighted by molar-refractivity contribution is 7.90. The standard InChI is InChI=1S/C9H8F3NO4S/c1-18(16,17)7-2-5(9(10,11)12)4-13-6(7)3-8(14)15/h2,4H,3H2,1H3,(H,14,15). The van der Waals surface area contributed by atoms with Crippen LogP contribution in [0.25, 0.3) is 0 Å². The van der Waals surface area contributed by atoms with E-state index >= 15 is 0 Å². The highest BCUT2D eigenvalue weighted by atomic mass is 32.2. The Bertz CT molecular complexity index is 580. The summed E-state index contributed by atoms with van der Waals surface area (Å²) in [5.41, 5.74) is -1.66. The number of carbonyl (C=O) groups is 1. The van der Waals surface area contributed by atoms with Gasteiger partial charge >= 0.3 is 12.1 Å². The van der Waals surface area contributed by atoms with Crippen molar-refractivity contribution < 1.29 is 31.5 Å². The Balaban J connectivity index is 3.44. The highest BCUT2D eigenvalue weighted by Crippen LogP contribution is 2.30. The summed E-state index contributed by atoms with van der Waals surface area (Å²) < 4.78 is 59.8. The average molecular weight is 283 g/mol. The van der Waals surface area contributed by atoms with Crippen molar-refractivity contribution in [3.8, 4) is 0 Å². The number of carboxylic acid groups (broad SMARTS) is 1. The number of hydrogen-bond acceptors (Lipinski definition) is 4. The van der Waals surface area contributed by atoms with Gasteiger partial charge in [0.15, 0.2) is 9.84 Å². The van der Waals surface area contributed by atoms with E-state index in [9.17, 15) is 26.4 Å². The van der Waals surface area contributed by atoms with Crippen LogP contribution in [0.1, 0.15) is 11.3 Å². The lowest BCUT2D eigenvalue weighted by Gasteiger charge is -2.10. The predicted octanol–water partition coefficient (Wildman–Crippen LogP) is 1.13. The maximum absolute atomic E-state index is 12.4. The van der Waals surface area contributed by atoms with Crippen molar-refractivity contribution in [3.63, 3.8) is 0 Å². The van der Waals surface area contributed by atoms with Crippen molar-refractivity contribution in [2.75, 3.05) is 6.26 Å². The van der Waals surface area contributed by atoms with E-state index in [0.29, 0.717) is 18.5 Å². The molecule has 5 nitrogen and oxygen atoms in total. The molecule has 0 saturated heterocycles. The lowest BCUT2D eigenvalue weighted by atomic mass is 10.2. The number of rotatable bonds is 3. The summed E-state index contributed by atoms with van der Waals surface area (Å²) in [6.45, 7) is 0. The largest absolute Gasteiger partial charge is 0.481 e. The molecule has 18 heavy (non-hydrogen) atoms. The van der Waals surface area contributed by atoms with Crippen LogP contribution in [0.4, 0.5) is 13.2 Å². The second-order valence-electron chi connectivity index (χ2n) is 3.51. The third-order valence-corrected chi connectivity index (χ3v) is 3.13. The Morgan fingerprint density at radius 2 is 2.00 bits per heavy atom. The summed E-state index contributed by atoms with van der Waals surface area (Å²) in [6.07, 6.45) is -4.41. The van der Waals surface area contributed by atoms with Gasteiger partial charge in [0.25, 0.3) is 0 Å². The van der Waals surface area contributed by atoms with Gasteiger partial charge in [-0.3, -0.25) is 9.78 Å². The van der Waals surface area contributed by atoms with Crippen molar-refractivity contribution in [3.05, 3.63) is 23.5 Å². The Hall–Kier alpha value is -1.64. The minimum absolute atomic E-state index is 0.389. The zero-order valence-corrected chi connectivity index (χ0v) is 9.84. The number of aliphatic carboxylic acids is 1. The molecule has 0 aliphatic rings. The molecule has 0 unspecified atom stereocenters. The Morgan fingerprint density at radius 3 is 2.39 bits per heavy atom. The molecule has 0 radical (unpaired) electrons. The van der Waals surface area contributed by atoms with Crippen LogP contribution in [0.2, 0.25) is 0 Å². The zero-order chi connectivity index (χ0) is 14.1. The molecule has 0 saturated carbocycles. The number of carboxylic acids is 1. The molecular weight excluding hydrogens is 275 g/mol. The van der Waals surface area contributed by atoms with Gasteiger partial charge in [-0.05, 0) is 6.07 Å². The zero-order valence-electron chi connectivity index (χ0n) is 9.02. The quantitative estimate of drug-likeness (QED) is 0.899. The first-order valence-electron chi connectivity index (χ1n) is 4.50. The van der Waals surface area contributed by atoms with Crippen LogP contribution in [0.5, 0.6) is 0 Å². The minimum atomic E-state index is -4.74. The smallest absolute Gasteiger partial charge is 0.417 e. The lowest BCUT2D eigenvalue weighted by Crippen LogP contribution is -2.13. The molecule has 0 spiro atoms. The third kappa shape index (κ3) is 3.42. The maximum atomic E-state index is 12.4. The van der Waals surface area contributed by atoms with Gasteiger partial charge in [-0.15, -0.1) is 0 Å². The SMILES string of the molecule is CS(=O)(=O)c1cc(C(F)(F)F)cnc1CC(=O)O. The van der Waals surface area contributed by atoms with Crippen LogP contribution in [0, 0.1) is 0 Å². The summed E-state index contributed by atoms with van der Waals surface area (Å²) in [5.74, 6) is -1.38. The monoisotopic (exact) mass is 283 g/mol. The fourth-order valence-corrected chi connectivity index (χ4v) is 2.12. The van der Waals surface area contributed by atoms with Crippen molar-refractivity contribution >= 4 is 15.8 Å². The van der Waals surface area contributed by atoms with Crippen molar-refractivity contribution in [1.82, 2.24) is 4.98 Å². The molecule has 0 aliphatic carbocycles. The van der Waals surface area contributed by atoms with Crippen LogP contribution in [0.3, 0.4) is 0 Å². The van der Waals surface area contributed by atoms with E-state index in [1.807, 2.05) is 0 Å². The average Bonchev–Trinajstić information content (AvgIpc) is 2.13. The number of sulfone groups is 1. The first-order chi connectivity index (χ1) is 8.01. The number of alkyl halides is 3. The number of aromatic nitrogens is 1. The summed E-state index contributed by atoms with van der Waals surface area (Å²) in [7, 11) is -3.99. The van der Waals surface area contributed by atoms with Crippen LogP contribution in [0.15, 0.2) is 17.2 Å². The molecule has 0 amide bonds. The second-order valence-corrected chi connectivity index (χ2v) is 5.49.